The maximum Gasteiger partial charge on any atom is 0.133 e. The second-order valence-electron chi connectivity index (χ2n) is 3.61. The zero-order chi connectivity index (χ0) is 12.1. The molecule has 17 heavy (non-hydrogen) atoms. The summed E-state index contributed by atoms with van der Waals surface area (Å²) in [6.07, 6.45) is 0. The van der Waals surface area contributed by atoms with Gasteiger partial charge >= 0.3 is 0 Å². The summed E-state index contributed by atoms with van der Waals surface area (Å²) in [5, 5.41) is 0. The minimum Gasteiger partial charge on any atom is -0.497 e. The fraction of sp³-hybridized carbons (Fsp3) is 0.417. The van der Waals surface area contributed by atoms with Gasteiger partial charge in [0, 0.05) is 13.2 Å². The van der Waals surface area contributed by atoms with Gasteiger partial charge in [0.2, 0.25) is 0 Å². The number of aromatic nitrogens is 2. The Bertz CT molecular complexity index is 482. The van der Waals surface area contributed by atoms with E-state index in [-0.39, 0.29) is 0 Å². The summed E-state index contributed by atoms with van der Waals surface area (Å²) < 4.78 is 15.4. The van der Waals surface area contributed by atoms with E-state index >= 15 is 0 Å². The molecule has 92 valence electrons. The van der Waals surface area contributed by atoms with Gasteiger partial charge in [-0.15, -0.1) is 0 Å². The molecule has 0 saturated heterocycles. The van der Waals surface area contributed by atoms with Crippen LogP contribution in [0, 0.1) is 0 Å². The van der Waals surface area contributed by atoms with Crippen LogP contribution in [-0.4, -0.2) is 37.4 Å². The normalized spacial score (nSPS) is 10.9. The molecule has 0 amide bonds. The van der Waals surface area contributed by atoms with Crippen LogP contribution in [0.2, 0.25) is 0 Å². The highest BCUT2D eigenvalue weighted by Crippen LogP contribution is 2.18. The summed E-state index contributed by atoms with van der Waals surface area (Å²) in [6, 6.07) is 5.73. The van der Waals surface area contributed by atoms with Crippen LogP contribution in [0.1, 0.15) is 5.82 Å². The van der Waals surface area contributed by atoms with Crippen molar-refractivity contribution < 1.29 is 14.2 Å². The largest absolute Gasteiger partial charge is 0.497 e. The molecule has 2 aromatic rings. The standard InChI is InChI=1S/C12H16N2O3/c1-15-5-6-17-8-12-13-10-4-3-9(16-2)7-11(10)14-12/h3-4,7H,5-6,8H2,1-2H3,(H,13,14). The van der Waals surface area contributed by atoms with Crippen molar-refractivity contribution in [2.45, 2.75) is 6.61 Å². The molecule has 1 aromatic carbocycles. The lowest BCUT2D eigenvalue weighted by Gasteiger charge is -1.99. The molecular formula is C12H16N2O3. The highest BCUT2D eigenvalue weighted by molar-refractivity contribution is 5.76. The van der Waals surface area contributed by atoms with Crippen molar-refractivity contribution in [2.24, 2.45) is 0 Å². The van der Waals surface area contributed by atoms with Crippen molar-refractivity contribution in [3.63, 3.8) is 0 Å². The third-order valence-electron chi connectivity index (χ3n) is 2.41. The summed E-state index contributed by atoms with van der Waals surface area (Å²) in [7, 11) is 3.29. The van der Waals surface area contributed by atoms with E-state index in [2.05, 4.69) is 9.97 Å². The first kappa shape index (κ1) is 11.9. The van der Waals surface area contributed by atoms with Gasteiger partial charge in [-0.25, -0.2) is 4.98 Å². The monoisotopic (exact) mass is 236 g/mol. The summed E-state index contributed by atoms with van der Waals surface area (Å²) in [5.41, 5.74) is 1.87. The second kappa shape index (κ2) is 5.65. The van der Waals surface area contributed by atoms with Crippen molar-refractivity contribution in [1.29, 1.82) is 0 Å². The van der Waals surface area contributed by atoms with Crippen molar-refractivity contribution in [3.05, 3.63) is 24.0 Å². The molecule has 0 aliphatic carbocycles. The van der Waals surface area contributed by atoms with Crippen LogP contribution < -0.4 is 4.74 Å². The van der Waals surface area contributed by atoms with Crippen LogP contribution in [0.25, 0.3) is 11.0 Å². The molecule has 1 heterocycles. The van der Waals surface area contributed by atoms with Crippen molar-refractivity contribution in [3.8, 4) is 5.75 Å². The first-order valence-corrected chi connectivity index (χ1v) is 5.43. The maximum atomic E-state index is 5.40. The number of methoxy groups -OCH3 is 2. The topological polar surface area (TPSA) is 56.4 Å². The molecule has 5 nitrogen and oxygen atoms in total. The van der Waals surface area contributed by atoms with Gasteiger partial charge in [0.15, 0.2) is 0 Å². The molecule has 0 radical (unpaired) electrons. The van der Waals surface area contributed by atoms with Crippen molar-refractivity contribution in [1.82, 2.24) is 9.97 Å². The van der Waals surface area contributed by atoms with E-state index in [1.807, 2.05) is 18.2 Å². The summed E-state index contributed by atoms with van der Waals surface area (Å²) >= 11 is 0. The third kappa shape index (κ3) is 2.95. The van der Waals surface area contributed by atoms with E-state index < -0.39 is 0 Å². The average Bonchev–Trinajstić information content (AvgIpc) is 2.76. The van der Waals surface area contributed by atoms with Crippen LogP contribution >= 0.6 is 0 Å². The Labute approximate surface area is 99.7 Å². The van der Waals surface area contributed by atoms with Gasteiger partial charge in [-0.2, -0.15) is 0 Å². The Kier molecular flexibility index (Phi) is 3.95. The number of rotatable bonds is 6. The zero-order valence-corrected chi connectivity index (χ0v) is 10.0. The first-order valence-electron chi connectivity index (χ1n) is 5.43. The Morgan fingerprint density at radius 2 is 2.12 bits per heavy atom. The summed E-state index contributed by atoms with van der Waals surface area (Å²) in [6.45, 7) is 1.62. The van der Waals surface area contributed by atoms with E-state index in [0.29, 0.717) is 19.8 Å². The molecule has 2 rings (SSSR count). The molecule has 1 aromatic heterocycles. The predicted molar refractivity (Wildman–Crippen MR) is 64.2 cm³/mol. The lowest BCUT2D eigenvalue weighted by Crippen LogP contribution is -2.02. The molecule has 0 fully saturated rings. The van der Waals surface area contributed by atoms with E-state index in [4.69, 9.17) is 14.2 Å². The number of aromatic amines is 1. The average molecular weight is 236 g/mol. The van der Waals surface area contributed by atoms with Gasteiger partial charge in [0.25, 0.3) is 0 Å². The lowest BCUT2D eigenvalue weighted by molar-refractivity contribution is 0.0590. The maximum absolute atomic E-state index is 5.40. The fourth-order valence-corrected chi connectivity index (χ4v) is 1.55. The zero-order valence-electron chi connectivity index (χ0n) is 10.0. The number of hydrogen-bond acceptors (Lipinski definition) is 4. The minimum absolute atomic E-state index is 0.459. The summed E-state index contributed by atoms with van der Waals surface area (Å²) in [5.74, 6) is 1.62. The number of hydrogen-bond donors (Lipinski definition) is 1. The number of nitrogens with zero attached hydrogens (tertiary/aromatic N) is 1. The van der Waals surface area contributed by atoms with E-state index in [0.717, 1.165) is 22.6 Å². The van der Waals surface area contributed by atoms with Crippen molar-refractivity contribution >= 4 is 11.0 Å². The van der Waals surface area contributed by atoms with Gasteiger partial charge in [0.1, 0.15) is 18.2 Å². The predicted octanol–water partition coefficient (Wildman–Crippen LogP) is 1.73. The summed E-state index contributed by atoms with van der Waals surface area (Å²) in [4.78, 5) is 7.60. The SMILES string of the molecule is COCCOCc1nc2ccc(OC)cc2[nH]1. The molecule has 1 N–H and O–H groups in total. The number of fused-ring (bicyclic) bond motifs is 1. The Balaban J connectivity index is 2.04. The molecule has 0 saturated carbocycles. The van der Waals surface area contributed by atoms with Gasteiger partial charge in [-0.1, -0.05) is 0 Å². The minimum atomic E-state index is 0.459. The van der Waals surface area contributed by atoms with Gasteiger partial charge in [0.05, 0.1) is 31.4 Å². The highest BCUT2D eigenvalue weighted by Gasteiger charge is 2.03. The third-order valence-corrected chi connectivity index (χ3v) is 2.41. The smallest absolute Gasteiger partial charge is 0.133 e. The molecule has 0 aliphatic rings. The lowest BCUT2D eigenvalue weighted by atomic mass is 10.3. The molecule has 0 bridgehead atoms. The molecule has 0 spiro atoms. The van der Waals surface area contributed by atoms with Gasteiger partial charge in [-0.05, 0) is 12.1 Å². The van der Waals surface area contributed by atoms with Crippen LogP contribution in [0.5, 0.6) is 5.75 Å². The Morgan fingerprint density at radius 1 is 1.24 bits per heavy atom. The van der Waals surface area contributed by atoms with Crippen LogP contribution in [0.3, 0.4) is 0 Å². The van der Waals surface area contributed by atoms with Crippen molar-refractivity contribution in [2.75, 3.05) is 27.4 Å². The van der Waals surface area contributed by atoms with E-state index in [1.54, 1.807) is 14.2 Å². The van der Waals surface area contributed by atoms with E-state index in [1.165, 1.54) is 0 Å². The molecule has 0 atom stereocenters. The highest BCUT2D eigenvalue weighted by atomic mass is 16.5. The second-order valence-corrected chi connectivity index (χ2v) is 3.61. The molecule has 0 unspecified atom stereocenters. The Hall–Kier alpha value is -1.59. The quantitative estimate of drug-likeness (QED) is 0.776. The Morgan fingerprint density at radius 3 is 2.88 bits per heavy atom. The van der Waals surface area contributed by atoms with E-state index in [9.17, 15) is 0 Å². The fourth-order valence-electron chi connectivity index (χ4n) is 1.55. The van der Waals surface area contributed by atoms with Crippen LogP contribution in [0.4, 0.5) is 0 Å². The number of ether oxygens (including phenoxy) is 3. The number of imidazole rings is 1. The molecule has 0 aliphatic heterocycles. The molecular weight excluding hydrogens is 220 g/mol. The van der Waals surface area contributed by atoms with Gasteiger partial charge in [-0.3, -0.25) is 0 Å². The number of benzene rings is 1. The van der Waals surface area contributed by atoms with Gasteiger partial charge < -0.3 is 19.2 Å². The van der Waals surface area contributed by atoms with Crippen LogP contribution in [0.15, 0.2) is 18.2 Å². The number of H-pyrrole nitrogens is 1. The first-order chi connectivity index (χ1) is 8.33. The molecule has 5 heteroatoms. The van der Waals surface area contributed by atoms with Crippen LogP contribution in [-0.2, 0) is 16.1 Å². The number of nitrogens with one attached hydrogen (secondary N) is 1.